The van der Waals surface area contributed by atoms with E-state index in [-0.39, 0.29) is 69.0 Å². The molecule has 6 spiro atoms. The number of phenols is 1. The minimum atomic E-state index is -0.823. The van der Waals surface area contributed by atoms with Gasteiger partial charge in [-0.25, -0.2) is 0 Å². The van der Waals surface area contributed by atoms with Gasteiger partial charge in [0.1, 0.15) is 16.1 Å². The Morgan fingerprint density at radius 3 is 2.42 bits per heavy atom. The van der Waals surface area contributed by atoms with E-state index in [1.165, 1.54) is 95.5 Å². The van der Waals surface area contributed by atoms with Crippen molar-refractivity contribution in [1.29, 1.82) is 0 Å². The molecule has 7 aliphatic heterocycles. The molecule has 12 heteroatoms. The number of hydrogen-bond donors (Lipinski definition) is 4. The Hall–Kier alpha value is -3.61. The Bertz CT molecular complexity index is 2850. The van der Waals surface area contributed by atoms with Crippen molar-refractivity contribution in [3.63, 3.8) is 0 Å². The third-order valence-electron chi connectivity index (χ3n) is 26.0. The summed E-state index contributed by atoms with van der Waals surface area (Å²) in [5.74, 6) is 3.51. The van der Waals surface area contributed by atoms with E-state index < -0.39 is 17.3 Å². The van der Waals surface area contributed by atoms with Gasteiger partial charge >= 0.3 is 5.97 Å². The molecule has 0 radical (unpaired) electrons. The molecule has 9 fully saturated rings. The summed E-state index contributed by atoms with van der Waals surface area (Å²) in [5.41, 5.74) is 10.6. The molecule has 80 heavy (non-hydrogen) atoms. The molecule has 12 bridgehead atoms. The van der Waals surface area contributed by atoms with Crippen molar-refractivity contribution in [1.82, 2.24) is 10.2 Å². The number of benzene rings is 2. The molecule has 19 rings (SSSR count). The first kappa shape index (κ1) is 53.1. The SMILES string of the molecule is CC(=O)O[C@@]12CCc3cc(c(O)c4c3[C@H]3C=C[C@@]5(CCC[C@H]5C3)O4)CN3C[C@@]4(CC3=O)[C@@H](CC[C@H]4c3ccccc3)CN=C(N)N[C@@]3(CCCC34CCCC4)SS[C@H]3C=C[C@H]4[C@H](CC[C@@H]3[C@@]43CCCC34CCCC4)[C@@H](CC1)[C@H](O)C2. The lowest BCUT2D eigenvalue weighted by Crippen LogP contribution is -2.59. The Labute approximate surface area is 484 Å². The van der Waals surface area contributed by atoms with E-state index in [0.29, 0.717) is 84.8 Å². The minimum absolute atomic E-state index is 0.0867. The number of aliphatic hydroxyl groups excluding tert-OH is 1. The summed E-state index contributed by atoms with van der Waals surface area (Å²) in [4.78, 5) is 35.7. The third kappa shape index (κ3) is 8.03. The molecule has 2 aromatic carbocycles. The number of allylic oxidation sites excluding steroid dienone is 2. The molecule has 5 N–H and O–H groups in total. The second-order valence-electron chi connectivity index (χ2n) is 29.1. The van der Waals surface area contributed by atoms with Crippen LogP contribution in [-0.4, -0.2) is 73.5 Å². The van der Waals surface area contributed by atoms with E-state index in [0.717, 1.165) is 80.9 Å². The van der Waals surface area contributed by atoms with Gasteiger partial charge in [0.15, 0.2) is 17.5 Å². The van der Waals surface area contributed by atoms with Crippen LogP contribution >= 0.6 is 21.6 Å². The predicted octanol–water partition coefficient (Wildman–Crippen LogP) is 13.7. The van der Waals surface area contributed by atoms with Gasteiger partial charge in [0.05, 0.1) is 6.10 Å². The molecular weight excluding hydrogens is 1030 g/mol. The van der Waals surface area contributed by atoms with Crippen LogP contribution in [0.25, 0.3) is 0 Å². The van der Waals surface area contributed by atoms with Gasteiger partial charge in [-0.2, -0.15) is 0 Å². The molecule has 10 nitrogen and oxygen atoms in total. The summed E-state index contributed by atoms with van der Waals surface area (Å²) >= 11 is 0. The van der Waals surface area contributed by atoms with Crippen LogP contribution in [0.15, 0.2) is 65.7 Å². The van der Waals surface area contributed by atoms with Crippen molar-refractivity contribution < 1.29 is 29.3 Å². The maximum absolute atomic E-state index is 15.0. The second kappa shape index (κ2) is 19.7. The van der Waals surface area contributed by atoms with Crippen LogP contribution in [0.4, 0.5) is 0 Å². The summed E-state index contributed by atoms with van der Waals surface area (Å²) in [6.45, 7) is 2.98. The average Bonchev–Trinajstić information content (AvgIpc) is 4.55. The number of aromatic hydroxyl groups is 1. The van der Waals surface area contributed by atoms with Gasteiger partial charge in [0.2, 0.25) is 5.91 Å². The number of guanidine groups is 1. The predicted molar refractivity (Wildman–Crippen MR) is 318 cm³/mol. The molecule has 0 unspecified atom stereocenters. The zero-order chi connectivity index (χ0) is 54.3. The monoisotopic (exact) mass is 1120 g/mol. The second-order valence-corrected chi connectivity index (χ2v) is 31.8. The van der Waals surface area contributed by atoms with Gasteiger partial charge in [0.25, 0.3) is 0 Å². The highest BCUT2D eigenvalue weighted by molar-refractivity contribution is 8.77. The number of esters is 1. The highest BCUT2D eigenvalue weighted by Crippen LogP contribution is 2.76. The Balaban J connectivity index is 0.845. The molecule has 1 saturated heterocycles. The zero-order valence-corrected chi connectivity index (χ0v) is 49.4. The van der Waals surface area contributed by atoms with Crippen LogP contribution < -0.4 is 15.8 Å². The van der Waals surface area contributed by atoms with Crippen molar-refractivity contribution >= 4 is 39.4 Å². The van der Waals surface area contributed by atoms with Gasteiger partial charge in [-0.1, -0.05) is 102 Å². The lowest BCUT2D eigenvalue weighted by molar-refractivity contribution is -0.175. The normalized spacial score (nSPS) is 43.0. The summed E-state index contributed by atoms with van der Waals surface area (Å²) in [7, 11) is 4.32. The quantitative estimate of drug-likeness (QED) is 0.130. The number of phenolic OH excluding ortho intramolecular Hbond substituents is 1. The molecule has 1 amide bonds. The summed E-state index contributed by atoms with van der Waals surface area (Å²) in [5, 5.41) is 30.3. The molecule has 8 saturated carbocycles. The number of nitrogens with zero attached hydrogens (tertiary/aromatic N) is 2. The number of carbonyl (C=O) groups excluding carboxylic acids is 2. The molecular formula is C68H90N4O6S2. The minimum Gasteiger partial charge on any atom is -0.504 e. The van der Waals surface area contributed by atoms with E-state index in [2.05, 4.69) is 87.6 Å². The molecule has 10 aliphatic carbocycles. The highest BCUT2D eigenvalue weighted by atomic mass is 33.1. The van der Waals surface area contributed by atoms with E-state index >= 15 is 4.79 Å². The molecule has 7 heterocycles. The molecule has 0 aromatic heterocycles. The number of fused-ring (bicyclic) bond motifs is 2. The standard InChI is InChI=1S/C68H90N4O6S2/c1-43(73)77-64-33-21-45-36-47(59(76)60-58(45)46-22-35-66(78-60)30-9-14-48(66)37-46)41-72-42-65(39-57(72)75)49(15-17-52(65)44-12-3-2-4-13-44)40-70-61(69)71-68(32-11-29-63(68)26-7-8-27-63)80-79-56-20-19-53-50(51(23-34-64)55(74)38-64)16-18-54(56)67(53)31-10-28-62(67)24-5-6-25-62/h2-4,12-13,19-20,22,35-36,46,48-56,74,76H,5-11,14-18,21,23-34,37-42H2,1H3,(H3,69,70,71)/t46-,48-,49-,50+,51+,52-,53-,54-,55+,56-,64-,65-,66+,67+,68-/m0/s1. The van der Waals surface area contributed by atoms with Crippen LogP contribution in [0.1, 0.15) is 214 Å². The number of aliphatic imine (C=N–C) groups is 1. The number of amides is 1. The van der Waals surface area contributed by atoms with E-state index in [9.17, 15) is 15.0 Å². The average molecular weight is 1120 g/mol. The fourth-order valence-electron chi connectivity index (χ4n) is 22.7. The van der Waals surface area contributed by atoms with Crippen LogP contribution in [0.2, 0.25) is 0 Å². The topological polar surface area (TPSA) is 147 Å². The fourth-order valence-corrected chi connectivity index (χ4v) is 26.8. The number of ether oxygens (including phenoxy) is 2. The highest BCUT2D eigenvalue weighted by Gasteiger charge is 2.68. The van der Waals surface area contributed by atoms with Crippen LogP contribution in [-0.2, 0) is 27.3 Å². The summed E-state index contributed by atoms with van der Waals surface area (Å²) in [6.07, 6.45) is 39.4. The zero-order valence-electron chi connectivity index (χ0n) is 47.8. The Morgan fingerprint density at radius 2 is 1.61 bits per heavy atom. The Morgan fingerprint density at radius 1 is 0.825 bits per heavy atom. The molecule has 15 atom stereocenters. The van der Waals surface area contributed by atoms with Gasteiger partial charge in [-0.05, 0) is 204 Å². The third-order valence-corrected chi connectivity index (χ3v) is 29.6. The van der Waals surface area contributed by atoms with Crippen molar-refractivity contribution in [3.05, 3.63) is 83.0 Å². The number of aliphatic hydroxyl groups is 1. The van der Waals surface area contributed by atoms with E-state index in [4.69, 9.17) is 20.2 Å². The van der Waals surface area contributed by atoms with Gasteiger partial charge in [-0.3, -0.25) is 14.6 Å². The summed E-state index contributed by atoms with van der Waals surface area (Å²) in [6, 6.07) is 13.1. The van der Waals surface area contributed by atoms with E-state index in [1.807, 2.05) is 4.90 Å². The Kier molecular flexibility index (Phi) is 13.1. The maximum atomic E-state index is 15.0. The van der Waals surface area contributed by atoms with Crippen molar-refractivity contribution in [2.75, 3.05) is 13.1 Å². The van der Waals surface area contributed by atoms with Gasteiger partial charge < -0.3 is 35.6 Å². The van der Waals surface area contributed by atoms with Crippen LogP contribution in [0, 0.1) is 57.2 Å². The number of nitrogens with two attached hydrogens (primary N) is 1. The lowest BCUT2D eigenvalue weighted by atomic mass is 9.43. The lowest BCUT2D eigenvalue weighted by Gasteiger charge is -2.63. The molecule has 17 aliphatic rings. The summed E-state index contributed by atoms with van der Waals surface area (Å²) < 4.78 is 13.9. The van der Waals surface area contributed by atoms with Crippen molar-refractivity contribution in [2.45, 2.75) is 233 Å². The smallest absolute Gasteiger partial charge is 0.303 e. The van der Waals surface area contributed by atoms with Crippen molar-refractivity contribution in [3.8, 4) is 11.5 Å². The van der Waals surface area contributed by atoms with E-state index in [1.54, 1.807) is 6.92 Å². The number of carbonyl (C=O) groups is 2. The maximum Gasteiger partial charge on any atom is 0.303 e. The van der Waals surface area contributed by atoms with Gasteiger partial charge in [0, 0.05) is 78.4 Å². The first-order chi connectivity index (χ1) is 38.8. The number of nitrogens with one attached hydrogen (secondary N) is 1. The van der Waals surface area contributed by atoms with Gasteiger partial charge in [-0.15, -0.1) is 0 Å². The first-order valence-electron chi connectivity index (χ1n) is 32.4. The number of rotatable bonds is 2. The van der Waals surface area contributed by atoms with Crippen molar-refractivity contribution in [2.24, 2.45) is 67.9 Å². The molecule has 430 valence electrons. The largest absolute Gasteiger partial charge is 0.504 e. The fraction of sp³-hybridized carbons (Fsp3) is 0.721. The number of aryl methyl sites for hydroxylation is 1. The first-order valence-corrected chi connectivity index (χ1v) is 34.6. The number of hydrogen-bond acceptors (Lipinski definition) is 11. The van der Waals surface area contributed by atoms with Crippen LogP contribution in [0.3, 0.4) is 0 Å². The van der Waals surface area contributed by atoms with Crippen LogP contribution in [0.5, 0.6) is 11.5 Å². The molecule has 2 aromatic rings.